The maximum absolute atomic E-state index is 12.1. The lowest BCUT2D eigenvalue weighted by Crippen LogP contribution is -2.44. The van der Waals surface area contributed by atoms with Gasteiger partial charge in [0.25, 0.3) is 11.8 Å². The molecule has 0 saturated carbocycles. The summed E-state index contributed by atoms with van der Waals surface area (Å²) in [5.41, 5.74) is 8.32. The van der Waals surface area contributed by atoms with Crippen LogP contribution >= 0.6 is 0 Å². The molecule has 0 unspecified atom stereocenters. The number of nitrogens with one attached hydrogen (secondary N) is 3. The number of nitrogens with zero attached hydrogens (tertiary/aromatic N) is 1. The van der Waals surface area contributed by atoms with Crippen LogP contribution in [0.1, 0.15) is 21.6 Å². The summed E-state index contributed by atoms with van der Waals surface area (Å²) >= 11 is 0. The minimum atomic E-state index is -0.495. The predicted molar refractivity (Wildman–Crippen MR) is 101 cm³/mol. The Labute approximate surface area is 156 Å². The van der Waals surface area contributed by atoms with Gasteiger partial charge in [0.1, 0.15) is 11.4 Å². The lowest BCUT2D eigenvalue weighted by molar-refractivity contribution is -0.123. The molecule has 2 amide bonds. The maximum Gasteiger partial charge on any atom is 0.287 e. The Morgan fingerprint density at radius 2 is 1.70 bits per heavy atom. The molecule has 0 aliphatic carbocycles. The predicted octanol–water partition coefficient (Wildman–Crippen LogP) is 2.53. The third kappa shape index (κ3) is 4.52. The maximum atomic E-state index is 12.1. The Kier molecular flexibility index (Phi) is 5.51. The molecule has 3 N–H and O–H groups in total. The van der Waals surface area contributed by atoms with Crippen LogP contribution in [-0.4, -0.2) is 28.6 Å². The van der Waals surface area contributed by atoms with E-state index in [4.69, 9.17) is 4.74 Å². The van der Waals surface area contributed by atoms with Gasteiger partial charge < -0.3 is 4.74 Å². The van der Waals surface area contributed by atoms with Crippen LogP contribution in [0.3, 0.4) is 0 Å². The highest BCUT2D eigenvalue weighted by molar-refractivity contribution is 5.94. The highest BCUT2D eigenvalue weighted by Gasteiger charge is 2.12. The van der Waals surface area contributed by atoms with Gasteiger partial charge >= 0.3 is 0 Å². The summed E-state index contributed by atoms with van der Waals surface area (Å²) in [5.74, 6) is -0.293. The standard InChI is InChI=1S/C20H20N4O3/c1-13-7-6-8-14(2)19(13)27-12-18(25)23-24-20(26)17-11-16(21-22-17)15-9-4-3-5-10-15/h3-11H,12H2,1-2H3,(H,21,22)(H,23,25)(H,24,26). The van der Waals surface area contributed by atoms with Crippen molar-refractivity contribution in [3.63, 3.8) is 0 Å². The molecule has 3 rings (SSSR count). The van der Waals surface area contributed by atoms with E-state index in [1.54, 1.807) is 6.07 Å². The van der Waals surface area contributed by atoms with Crippen LogP contribution in [0, 0.1) is 13.8 Å². The number of rotatable bonds is 5. The molecule has 0 spiro atoms. The quantitative estimate of drug-likeness (QED) is 0.606. The van der Waals surface area contributed by atoms with E-state index in [-0.39, 0.29) is 12.3 Å². The number of para-hydroxylation sites is 1. The number of carbonyl (C=O) groups is 2. The Balaban J connectivity index is 1.52. The van der Waals surface area contributed by atoms with Gasteiger partial charge in [-0.05, 0) is 31.0 Å². The minimum Gasteiger partial charge on any atom is -0.483 e. The van der Waals surface area contributed by atoms with Crippen molar-refractivity contribution < 1.29 is 14.3 Å². The highest BCUT2D eigenvalue weighted by atomic mass is 16.5. The normalized spacial score (nSPS) is 10.3. The molecule has 7 heteroatoms. The zero-order chi connectivity index (χ0) is 19.2. The van der Waals surface area contributed by atoms with E-state index in [2.05, 4.69) is 21.0 Å². The number of benzene rings is 2. The number of aryl methyl sites for hydroxylation is 2. The molecule has 3 aromatic rings. The second-order valence-electron chi connectivity index (χ2n) is 6.04. The molecule has 0 aliphatic rings. The Bertz CT molecular complexity index is 931. The van der Waals surface area contributed by atoms with Gasteiger partial charge in [0.15, 0.2) is 6.61 Å². The summed E-state index contributed by atoms with van der Waals surface area (Å²) in [6.07, 6.45) is 0. The summed E-state index contributed by atoms with van der Waals surface area (Å²) < 4.78 is 5.55. The van der Waals surface area contributed by atoms with E-state index < -0.39 is 11.8 Å². The summed E-state index contributed by atoms with van der Waals surface area (Å²) in [7, 11) is 0. The van der Waals surface area contributed by atoms with Gasteiger partial charge in [0.2, 0.25) is 0 Å². The lowest BCUT2D eigenvalue weighted by atomic mass is 10.1. The number of amides is 2. The van der Waals surface area contributed by atoms with Gasteiger partial charge in [0.05, 0.1) is 5.69 Å². The number of hydrogen-bond acceptors (Lipinski definition) is 4. The van der Waals surface area contributed by atoms with Gasteiger partial charge in [0, 0.05) is 5.56 Å². The molecule has 2 aromatic carbocycles. The van der Waals surface area contributed by atoms with Crippen LogP contribution in [0.4, 0.5) is 0 Å². The summed E-state index contributed by atoms with van der Waals surface area (Å²) in [6, 6.07) is 16.8. The van der Waals surface area contributed by atoms with E-state index >= 15 is 0 Å². The number of carbonyl (C=O) groups excluding carboxylic acids is 2. The van der Waals surface area contributed by atoms with E-state index in [1.807, 2.05) is 62.4 Å². The van der Waals surface area contributed by atoms with Crippen LogP contribution in [0.2, 0.25) is 0 Å². The molecule has 0 fully saturated rings. The van der Waals surface area contributed by atoms with Crippen molar-refractivity contribution in [3.8, 4) is 17.0 Å². The van der Waals surface area contributed by atoms with E-state index in [0.29, 0.717) is 11.4 Å². The number of aromatic amines is 1. The van der Waals surface area contributed by atoms with Crippen molar-refractivity contribution in [2.45, 2.75) is 13.8 Å². The lowest BCUT2D eigenvalue weighted by Gasteiger charge is -2.12. The molecule has 27 heavy (non-hydrogen) atoms. The number of hydrazine groups is 1. The molecule has 0 aliphatic heterocycles. The van der Waals surface area contributed by atoms with Crippen molar-refractivity contribution in [2.75, 3.05) is 6.61 Å². The van der Waals surface area contributed by atoms with Crippen LogP contribution in [0.25, 0.3) is 11.3 Å². The molecule has 7 nitrogen and oxygen atoms in total. The number of ether oxygens (including phenoxy) is 1. The first-order valence-corrected chi connectivity index (χ1v) is 8.43. The highest BCUT2D eigenvalue weighted by Crippen LogP contribution is 2.22. The van der Waals surface area contributed by atoms with Crippen LogP contribution in [0.5, 0.6) is 5.75 Å². The Morgan fingerprint density at radius 3 is 2.41 bits per heavy atom. The summed E-state index contributed by atoms with van der Waals surface area (Å²) in [5, 5.41) is 6.76. The first-order valence-electron chi connectivity index (χ1n) is 8.43. The van der Waals surface area contributed by atoms with Gasteiger partial charge in [-0.2, -0.15) is 5.10 Å². The average molecular weight is 364 g/mol. The van der Waals surface area contributed by atoms with Crippen LogP contribution < -0.4 is 15.6 Å². The molecule has 0 radical (unpaired) electrons. The molecule has 1 aromatic heterocycles. The second-order valence-corrected chi connectivity index (χ2v) is 6.04. The fourth-order valence-electron chi connectivity index (χ4n) is 2.59. The fourth-order valence-corrected chi connectivity index (χ4v) is 2.59. The number of hydrogen-bond donors (Lipinski definition) is 3. The SMILES string of the molecule is Cc1cccc(C)c1OCC(=O)NNC(=O)c1cc(-c2ccccc2)n[nH]1. The van der Waals surface area contributed by atoms with Gasteiger partial charge in [-0.25, -0.2) is 0 Å². The summed E-state index contributed by atoms with van der Waals surface area (Å²) in [4.78, 5) is 24.1. The van der Waals surface area contributed by atoms with Gasteiger partial charge in [-0.15, -0.1) is 0 Å². The number of H-pyrrole nitrogens is 1. The van der Waals surface area contributed by atoms with Gasteiger partial charge in [-0.1, -0.05) is 48.5 Å². The third-order valence-corrected chi connectivity index (χ3v) is 3.96. The van der Waals surface area contributed by atoms with Crippen molar-refractivity contribution in [3.05, 3.63) is 71.4 Å². The topological polar surface area (TPSA) is 96.1 Å². The summed E-state index contributed by atoms with van der Waals surface area (Å²) in [6.45, 7) is 3.61. The Hall–Kier alpha value is -3.61. The zero-order valence-electron chi connectivity index (χ0n) is 15.1. The van der Waals surface area contributed by atoms with Crippen molar-refractivity contribution >= 4 is 11.8 Å². The average Bonchev–Trinajstić information content (AvgIpc) is 3.17. The molecule has 0 bridgehead atoms. The minimum absolute atomic E-state index is 0.204. The molecule has 1 heterocycles. The molecule has 0 atom stereocenters. The van der Waals surface area contributed by atoms with Crippen molar-refractivity contribution in [1.82, 2.24) is 21.0 Å². The first-order chi connectivity index (χ1) is 13.0. The molecular weight excluding hydrogens is 344 g/mol. The largest absolute Gasteiger partial charge is 0.483 e. The van der Waals surface area contributed by atoms with E-state index in [1.165, 1.54) is 0 Å². The number of aromatic nitrogens is 2. The van der Waals surface area contributed by atoms with Crippen LogP contribution in [0.15, 0.2) is 54.6 Å². The van der Waals surface area contributed by atoms with Crippen LogP contribution in [-0.2, 0) is 4.79 Å². The van der Waals surface area contributed by atoms with Crippen molar-refractivity contribution in [2.24, 2.45) is 0 Å². The molecule has 0 saturated heterocycles. The third-order valence-electron chi connectivity index (χ3n) is 3.96. The van der Waals surface area contributed by atoms with Gasteiger partial charge in [-0.3, -0.25) is 25.5 Å². The smallest absolute Gasteiger partial charge is 0.287 e. The van der Waals surface area contributed by atoms with E-state index in [9.17, 15) is 9.59 Å². The fraction of sp³-hybridized carbons (Fsp3) is 0.150. The molecular formula is C20H20N4O3. The Morgan fingerprint density at radius 1 is 1.00 bits per heavy atom. The first kappa shape index (κ1) is 18.2. The van der Waals surface area contributed by atoms with E-state index in [0.717, 1.165) is 16.7 Å². The monoisotopic (exact) mass is 364 g/mol. The molecule has 138 valence electrons. The van der Waals surface area contributed by atoms with Crippen molar-refractivity contribution in [1.29, 1.82) is 0 Å². The second kappa shape index (κ2) is 8.18. The zero-order valence-corrected chi connectivity index (χ0v) is 15.1.